The Kier molecular flexibility index (Phi) is 4.21. The van der Waals surface area contributed by atoms with Gasteiger partial charge < -0.3 is 9.84 Å². The number of carboxylic acids is 1. The average molecular weight is 239 g/mol. The van der Waals surface area contributed by atoms with E-state index in [2.05, 4.69) is 16.6 Å². The Bertz CT molecular complexity index is 459. The highest BCUT2D eigenvalue weighted by atomic mass is 19.1. The molecule has 0 fully saturated rings. The van der Waals surface area contributed by atoms with Crippen LogP contribution in [-0.4, -0.2) is 23.8 Å². The number of rotatable bonds is 4. The average Bonchev–Trinajstić information content (AvgIpc) is 2.28. The molecule has 0 aliphatic carbocycles. The van der Waals surface area contributed by atoms with Crippen molar-refractivity contribution in [3.05, 3.63) is 42.2 Å². The minimum atomic E-state index is -1.34. The molecule has 17 heavy (non-hydrogen) atoms. The topological polar surface area (TPSA) is 75.6 Å². The monoisotopic (exact) mass is 239 g/mol. The number of hydrogen-bond donors (Lipinski definition) is 2. The van der Waals surface area contributed by atoms with E-state index in [1.54, 1.807) is 0 Å². The van der Waals surface area contributed by atoms with Crippen LogP contribution in [0, 0.1) is 5.82 Å². The summed E-state index contributed by atoms with van der Waals surface area (Å²) in [6, 6.07) is 2.99. The minimum Gasteiger partial charge on any atom is -0.478 e. The lowest BCUT2D eigenvalue weighted by atomic mass is 10.2. The van der Waals surface area contributed by atoms with Gasteiger partial charge in [-0.1, -0.05) is 12.7 Å². The predicted molar refractivity (Wildman–Crippen MR) is 58.5 cm³/mol. The van der Waals surface area contributed by atoms with Crippen molar-refractivity contribution in [3.63, 3.8) is 0 Å². The van der Waals surface area contributed by atoms with Gasteiger partial charge in [0.15, 0.2) is 0 Å². The molecule has 5 nitrogen and oxygen atoms in total. The number of aromatic carboxylic acids is 1. The number of carbonyl (C=O) groups excluding carboxylic acids is 1. The Morgan fingerprint density at radius 3 is 2.82 bits per heavy atom. The van der Waals surface area contributed by atoms with Gasteiger partial charge in [0.25, 0.3) is 0 Å². The number of ether oxygens (including phenoxy) is 1. The molecule has 0 bridgehead atoms. The Morgan fingerprint density at radius 2 is 2.24 bits per heavy atom. The van der Waals surface area contributed by atoms with Crippen molar-refractivity contribution < 1.29 is 23.8 Å². The number of carbonyl (C=O) groups is 2. The van der Waals surface area contributed by atoms with E-state index in [1.807, 2.05) is 0 Å². The second-order valence-corrected chi connectivity index (χ2v) is 3.01. The van der Waals surface area contributed by atoms with Gasteiger partial charge in [0, 0.05) is 0 Å². The van der Waals surface area contributed by atoms with E-state index in [1.165, 1.54) is 6.08 Å². The van der Waals surface area contributed by atoms with Crippen LogP contribution in [0.5, 0.6) is 0 Å². The van der Waals surface area contributed by atoms with E-state index in [0.29, 0.717) is 0 Å². The van der Waals surface area contributed by atoms with E-state index in [9.17, 15) is 14.0 Å². The lowest BCUT2D eigenvalue weighted by molar-refractivity contribution is 0.0697. The number of benzene rings is 1. The van der Waals surface area contributed by atoms with Crippen LogP contribution in [0.1, 0.15) is 10.4 Å². The zero-order valence-corrected chi connectivity index (χ0v) is 8.77. The number of halogens is 1. The third-order valence-electron chi connectivity index (χ3n) is 1.78. The molecule has 1 aromatic rings. The Balaban J connectivity index is 2.86. The minimum absolute atomic E-state index is 0.00453. The summed E-state index contributed by atoms with van der Waals surface area (Å²) in [5, 5.41) is 11.0. The van der Waals surface area contributed by atoms with Crippen LogP contribution in [0.4, 0.5) is 14.9 Å². The smallest absolute Gasteiger partial charge is 0.411 e. The quantitative estimate of drug-likeness (QED) is 0.790. The first-order valence-corrected chi connectivity index (χ1v) is 4.62. The molecular formula is C11H10FNO4. The van der Waals surface area contributed by atoms with E-state index in [4.69, 9.17) is 5.11 Å². The summed E-state index contributed by atoms with van der Waals surface area (Å²) in [4.78, 5) is 22.0. The van der Waals surface area contributed by atoms with Crippen molar-refractivity contribution in [3.8, 4) is 0 Å². The fourth-order valence-electron chi connectivity index (χ4n) is 1.08. The van der Waals surface area contributed by atoms with Gasteiger partial charge in [0.1, 0.15) is 12.4 Å². The normalized spacial score (nSPS) is 9.47. The number of hydrogen-bond acceptors (Lipinski definition) is 3. The van der Waals surface area contributed by atoms with Crippen molar-refractivity contribution in [1.29, 1.82) is 0 Å². The molecule has 0 saturated heterocycles. The van der Waals surface area contributed by atoms with Crippen LogP contribution in [-0.2, 0) is 4.74 Å². The highest BCUT2D eigenvalue weighted by Gasteiger charge is 2.13. The number of amides is 1. The predicted octanol–water partition coefficient (Wildman–Crippen LogP) is 2.26. The van der Waals surface area contributed by atoms with Crippen LogP contribution < -0.4 is 5.32 Å². The molecule has 0 aliphatic rings. The zero-order valence-electron chi connectivity index (χ0n) is 8.77. The summed E-state index contributed by atoms with van der Waals surface area (Å²) < 4.78 is 17.4. The maximum absolute atomic E-state index is 12.8. The van der Waals surface area contributed by atoms with Crippen LogP contribution in [0.25, 0.3) is 0 Å². The first-order valence-electron chi connectivity index (χ1n) is 4.62. The number of carboxylic acid groups (broad SMARTS) is 1. The fourth-order valence-corrected chi connectivity index (χ4v) is 1.08. The van der Waals surface area contributed by atoms with Crippen LogP contribution >= 0.6 is 0 Å². The standard InChI is InChI=1S/C11H10FNO4/c1-2-5-17-11(16)13-9-4-3-7(12)6-8(9)10(14)15/h2-4,6H,1,5H2,(H,13,16)(H,14,15). The van der Waals surface area contributed by atoms with Crippen molar-refractivity contribution in [2.75, 3.05) is 11.9 Å². The maximum Gasteiger partial charge on any atom is 0.411 e. The zero-order chi connectivity index (χ0) is 12.8. The van der Waals surface area contributed by atoms with Crippen molar-refractivity contribution in [2.45, 2.75) is 0 Å². The first kappa shape index (κ1) is 12.7. The summed E-state index contributed by atoms with van der Waals surface area (Å²) in [7, 11) is 0. The van der Waals surface area contributed by atoms with E-state index >= 15 is 0 Å². The summed E-state index contributed by atoms with van der Waals surface area (Å²) >= 11 is 0. The second-order valence-electron chi connectivity index (χ2n) is 3.01. The molecule has 0 radical (unpaired) electrons. The van der Waals surface area contributed by atoms with Gasteiger partial charge in [-0.3, -0.25) is 5.32 Å². The van der Waals surface area contributed by atoms with Crippen LogP contribution in [0.2, 0.25) is 0 Å². The molecule has 2 N–H and O–H groups in total. The van der Waals surface area contributed by atoms with Gasteiger partial charge in [-0.2, -0.15) is 0 Å². The van der Waals surface area contributed by atoms with Crippen LogP contribution in [0.15, 0.2) is 30.9 Å². The van der Waals surface area contributed by atoms with Crippen molar-refractivity contribution in [1.82, 2.24) is 0 Å². The molecule has 0 unspecified atom stereocenters. The molecule has 0 aromatic heterocycles. The Labute approximate surface area is 96.5 Å². The fraction of sp³-hybridized carbons (Fsp3) is 0.0909. The lowest BCUT2D eigenvalue weighted by Gasteiger charge is -2.08. The molecule has 6 heteroatoms. The molecule has 1 rings (SSSR count). The molecule has 0 spiro atoms. The molecule has 0 atom stereocenters. The summed E-state index contributed by atoms with van der Waals surface area (Å²) in [6.07, 6.45) is 0.529. The molecular weight excluding hydrogens is 229 g/mol. The summed E-state index contributed by atoms with van der Waals surface area (Å²) in [5.74, 6) is -2.05. The molecule has 1 aromatic carbocycles. The van der Waals surface area contributed by atoms with E-state index < -0.39 is 17.9 Å². The lowest BCUT2D eigenvalue weighted by Crippen LogP contribution is -2.16. The Hall–Kier alpha value is -2.37. The molecule has 0 aliphatic heterocycles. The first-order chi connectivity index (χ1) is 8.04. The van der Waals surface area contributed by atoms with Gasteiger partial charge >= 0.3 is 12.1 Å². The van der Waals surface area contributed by atoms with Gasteiger partial charge in [-0.05, 0) is 18.2 Å². The Morgan fingerprint density at radius 1 is 1.53 bits per heavy atom. The summed E-state index contributed by atoms with van der Waals surface area (Å²) in [5.41, 5.74) is -0.381. The largest absolute Gasteiger partial charge is 0.478 e. The van der Waals surface area contributed by atoms with Gasteiger partial charge in [-0.25, -0.2) is 14.0 Å². The molecule has 0 saturated carbocycles. The van der Waals surface area contributed by atoms with Gasteiger partial charge in [0.2, 0.25) is 0 Å². The van der Waals surface area contributed by atoms with Crippen molar-refractivity contribution in [2.24, 2.45) is 0 Å². The van der Waals surface area contributed by atoms with Gasteiger partial charge in [0.05, 0.1) is 11.3 Å². The summed E-state index contributed by atoms with van der Waals surface area (Å²) in [6.45, 7) is 3.34. The van der Waals surface area contributed by atoms with Crippen LogP contribution in [0.3, 0.4) is 0 Å². The SMILES string of the molecule is C=CCOC(=O)Nc1ccc(F)cc1C(=O)O. The second kappa shape index (κ2) is 5.64. The third-order valence-corrected chi connectivity index (χ3v) is 1.78. The molecule has 1 amide bonds. The van der Waals surface area contributed by atoms with Crippen molar-refractivity contribution >= 4 is 17.7 Å². The molecule has 90 valence electrons. The number of nitrogens with one attached hydrogen (secondary N) is 1. The molecule has 0 heterocycles. The van der Waals surface area contributed by atoms with E-state index in [0.717, 1.165) is 18.2 Å². The highest BCUT2D eigenvalue weighted by molar-refractivity contribution is 5.98. The number of anilines is 1. The van der Waals surface area contributed by atoms with Gasteiger partial charge in [-0.15, -0.1) is 0 Å². The van der Waals surface area contributed by atoms with E-state index in [-0.39, 0.29) is 17.9 Å². The highest BCUT2D eigenvalue weighted by Crippen LogP contribution is 2.17. The maximum atomic E-state index is 12.8. The third kappa shape index (κ3) is 3.60.